The summed E-state index contributed by atoms with van der Waals surface area (Å²) in [7, 11) is 2.18. The quantitative estimate of drug-likeness (QED) is 0.788. The molecule has 1 fully saturated rings. The summed E-state index contributed by atoms with van der Waals surface area (Å²) in [6.07, 6.45) is -1.86. The third kappa shape index (κ3) is 3.91. The summed E-state index contributed by atoms with van der Waals surface area (Å²) in [5, 5.41) is 0. The van der Waals surface area contributed by atoms with Crippen LogP contribution in [-0.2, 0) is 9.05 Å². The van der Waals surface area contributed by atoms with Crippen molar-refractivity contribution in [1.82, 2.24) is 9.47 Å². The fourth-order valence-electron chi connectivity index (χ4n) is 1.95. The van der Waals surface area contributed by atoms with Crippen molar-refractivity contribution in [3.63, 3.8) is 0 Å². The van der Waals surface area contributed by atoms with Crippen LogP contribution < -0.4 is 0 Å². The number of halogens is 4. The van der Waals surface area contributed by atoms with Gasteiger partial charge in [-0.15, -0.1) is 0 Å². The van der Waals surface area contributed by atoms with Crippen molar-refractivity contribution >= 4 is 25.6 Å². The molecule has 0 spiro atoms. The molecule has 0 radical (unpaired) electrons. The average Bonchev–Trinajstić information content (AvgIpc) is 3.03. The van der Waals surface area contributed by atoms with Crippen LogP contribution in [0.1, 0.15) is 29.4 Å². The molecule has 0 unspecified atom stereocenters. The molecule has 1 heterocycles. The van der Waals surface area contributed by atoms with E-state index in [1.165, 1.54) is 10.8 Å². The van der Waals surface area contributed by atoms with Crippen LogP contribution in [0.15, 0.2) is 17.2 Å². The molecule has 1 aromatic rings. The van der Waals surface area contributed by atoms with Crippen LogP contribution in [0.3, 0.4) is 0 Å². The van der Waals surface area contributed by atoms with E-state index in [4.69, 9.17) is 10.7 Å². The average molecular weight is 345 g/mol. The minimum absolute atomic E-state index is 0.0737. The zero-order valence-corrected chi connectivity index (χ0v) is 12.5. The Morgan fingerprint density at radius 1 is 1.48 bits per heavy atom. The molecular formula is C11H12ClF3N2O3S. The van der Waals surface area contributed by atoms with Crippen LogP contribution in [0.4, 0.5) is 13.2 Å². The minimum atomic E-state index is -4.52. The Labute approximate surface area is 123 Å². The number of alkyl halides is 3. The van der Waals surface area contributed by atoms with Gasteiger partial charge in [-0.1, -0.05) is 0 Å². The van der Waals surface area contributed by atoms with Gasteiger partial charge in [0.1, 0.15) is 17.1 Å². The third-order valence-electron chi connectivity index (χ3n) is 3.03. The fraction of sp³-hybridized carbons (Fsp3) is 0.545. The first-order valence-corrected chi connectivity index (χ1v) is 8.29. The largest absolute Gasteiger partial charge is 0.406 e. The molecule has 5 nitrogen and oxygen atoms in total. The molecule has 1 aliphatic carbocycles. The van der Waals surface area contributed by atoms with E-state index in [2.05, 4.69) is 0 Å². The molecule has 0 N–H and O–H groups in total. The molecular weight excluding hydrogens is 333 g/mol. The van der Waals surface area contributed by atoms with E-state index >= 15 is 0 Å². The SMILES string of the molecule is CN(CC(F)(F)F)C(=O)c1cc(S(=O)(=O)Cl)cn1C1CC1. The van der Waals surface area contributed by atoms with Crippen molar-refractivity contribution in [2.45, 2.75) is 30.0 Å². The summed E-state index contributed by atoms with van der Waals surface area (Å²) in [5.74, 6) is -0.897. The summed E-state index contributed by atoms with van der Waals surface area (Å²) in [6.45, 7) is -1.41. The van der Waals surface area contributed by atoms with Gasteiger partial charge in [0.2, 0.25) is 0 Å². The zero-order valence-electron chi connectivity index (χ0n) is 10.9. The van der Waals surface area contributed by atoms with Crippen molar-refractivity contribution in [2.24, 2.45) is 0 Å². The van der Waals surface area contributed by atoms with Gasteiger partial charge in [-0.2, -0.15) is 13.2 Å². The van der Waals surface area contributed by atoms with Crippen molar-refractivity contribution in [3.05, 3.63) is 18.0 Å². The van der Waals surface area contributed by atoms with Crippen molar-refractivity contribution < 1.29 is 26.4 Å². The fourth-order valence-corrected chi connectivity index (χ4v) is 2.69. The van der Waals surface area contributed by atoms with E-state index in [1.54, 1.807) is 0 Å². The number of carbonyl (C=O) groups is 1. The summed E-state index contributed by atoms with van der Waals surface area (Å²) in [4.78, 5) is 12.3. The number of hydrogen-bond donors (Lipinski definition) is 0. The van der Waals surface area contributed by atoms with Crippen LogP contribution in [0.25, 0.3) is 0 Å². The smallest absolute Gasteiger partial charge is 0.339 e. The van der Waals surface area contributed by atoms with Crippen LogP contribution in [-0.4, -0.2) is 43.6 Å². The van der Waals surface area contributed by atoms with Gasteiger partial charge >= 0.3 is 6.18 Å². The van der Waals surface area contributed by atoms with E-state index in [0.717, 1.165) is 26.0 Å². The standard InChI is InChI=1S/C11H12ClF3N2O3S/c1-16(6-11(13,14)15)10(18)9-4-8(21(12,19)20)5-17(9)7-2-3-7/h4-5,7H,2-3,6H2,1H3. The molecule has 1 saturated carbocycles. The Bertz CT molecular complexity index is 665. The summed E-state index contributed by atoms with van der Waals surface area (Å²) < 4.78 is 61.0. The van der Waals surface area contributed by atoms with Crippen molar-refractivity contribution in [2.75, 3.05) is 13.6 Å². The molecule has 1 aliphatic rings. The van der Waals surface area contributed by atoms with E-state index in [-0.39, 0.29) is 16.6 Å². The lowest BCUT2D eigenvalue weighted by Gasteiger charge is -2.19. The maximum atomic E-state index is 12.3. The Morgan fingerprint density at radius 2 is 2.05 bits per heavy atom. The normalized spacial score (nSPS) is 16.0. The Hall–Kier alpha value is -1.22. The Morgan fingerprint density at radius 3 is 2.48 bits per heavy atom. The molecule has 1 amide bonds. The molecule has 0 aromatic carbocycles. The lowest BCUT2D eigenvalue weighted by Crippen LogP contribution is -2.36. The number of amides is 1. The monoisotopic (exact) mass is 344 g/mol. The number of aromatic nitrogens is 1. The maximum absolute atomic E-state index is 12.3. The first-order valence-electron chi connectivity index (χ1n) is 5.98. The Kier molecular flexibility index (Phi) is 4.00. The first-order chi connectivity index (χ1) is 9.49. The van der Waals surface area contributed by atoms with Crippen LogP contribution in [0.5, 0.6) is 0 Å². The second kappa shape index (κ2) is 5.20. The highest BCUT2D eigenvalue weighted by Crippen LogP contribution is 2.38. The van der Waals surface area contributed by atoms with Crippen LogP contribution in [0.2, 0.25) is 0 Å². The highest BCUT2D eigenvalue weighted by molar-refractivity contribution is 8.13. The lowest BCUT2D eigenvalue weighted by atomic mass is 10.3. The second-order valence-electron chi connectivity index (χ2n) is 4.91. The third-order valence-corrected chi connectivity index (χ3v) is 4.35. The highest BCUT2D eigenvalue weighted by atomic mass is 35.7. The minimum Gasteiger partial charge on any atom is -0.339 e. The number of rotatable bonds is 4. The number of carbonyl (C=O) groups excluding carboxylic acids is 1. The predicted molar refractivity (Wildman–Crippen MR) is 68.8 cm³/mol. The molecule has 0 aliphatic heterocycles. The number of hydrogen-bond acceptors (Lipinski definition) is 3. The van der Waals surface area contributed by atoms with Gasteiger partial charge in [0.25, 0.3) is 15.0 Å². The van der Waals surface area contributed by atoms with E-state index in [9.17, 15) is 26.4 Å². The highest BCUT2D eigenvalue weighted by Gasteiger charge is 2.35. The molecule has 0 bridgehead atoms. The van der Waals surface area contributed by atoms with Gasteiger partial charge in [-0.3, -0.25) is 4.79 Å². The van der Waals surface area contributed by atoms with Gasteiger partial charge in [0, 0.05) is 30.0 Å². The molecule has 10 heteroatoms. The van der Waals surface area contributed by atoms with E-state index < -0.39 is 27.7 Å². The van der Waals surface area contributed by atoms with Gasteiger partial charge < -0.3 is 9.47 Å². The van der Waals surface area contributed by atoms with Gasteiger partial charge in [-0.25, -0.2) is 8.42 Å². The van der Waals surface area contributed by atoms with Gasteiger partial charge in [0.05, 0.1) is 0 Å². The number of nitrogens with zero attached hydrogens (tertiary/aromatic N) is 2. The molecule has 21 heavy (non-hydrogen) atoms. The molecule has 0 saturated heterocycles. The maximum Gasteiger partial charge on any atom is 0.406 e. The molecule has 118 valence electrons. The first kappa shape index (κ1) is 16.2. The molecule has 1 aromatic heterocycles. The van der Waals surface area contributed by atoms with E-state index in [0.29, 0.717) is 4.90 Å². The van der Waals surface area contributed by atoms with Crippen LogP contribution >= 0.6 is 10.7 Å². The summed E-state index contributed by atoms with van der Waals surface area (Å²) >= 11 is 0. The molecule has 0 atom stereocenters. The van der Waals surface area contributed by atoms with Crippen LogP contribution in [0, 0.1) is 0 Å². The van der Waals surface area contributed by atoms with Gasteiger partial charge in [-0.05, 0) is 18.9 Å². The van der Waals surface area contributed by atoms with Gasteiger partial charge in [0.15, 0.2) is 0 Å². The van der Waals surface area contributed by atoms with Crippen molar-refractivity contribution in [3.8, 4) is 0 Å². The summed E-state index contributed by atoms with van der Waals surface area (Å²) in [5.41, 5.74) is -0.108. The second-order valence-corrected chi connectivity index (χ2v) is 7.48. The molecule has 2 rings (SSSR count). The Balaban J connectivity index is 2.34. The summed E-state index contributed by atoms with van der Waals surface area (Å²) in [6, 6.07) is 0.936. The lowest BCUT2D eigenvalue weighted by molar-refractivity contribution is -0.138. The predicted octanol–water partition coefficient (Wildman–Crippen LogP) is 2.38. The zero-order chi connectivity index (χ0) is 16.0. The van der Waals surface area contributed by atoms with E-state index in [1.807, 2.05) is 0 Å². The topological polar surface area (TPSA) is 59.4 Å². The van der Waals surface area contributed by atoms with Crippen molar-refractivity contribution in [1.29, 1.82) is 0 Å².